The number of nitrogens with zero attached hydrogens (tertiary/aromatic N) is 1. The van der Waals surface area contributed by atoms with Crippen molar-refractivity contribution in [3.63, 3.8) is 0 Å². The van der Waals surface area contributed by atoms with Crippen LogP contribution in [0.3, 0.4) is 0 Å². The highest BCUT2D eigenvalue weighted by Gasteiger charge is 2.15. The van der Waals surface area contributed by atoms with Gasteiger partial charge in [-0.1, -0.05) is 0 Å². The van der Waals surface area contributed by atoms with Crippen LogP contribution in [0.2, 0.25) is 0 Å². The van der Waals surface area contributed by atoms with Crippen LogP contribution in [0.25, 0.3) is 0 Å². The summed E-state index contributed by atoms with van der Waals surface area (Å²) in [5.41, 5.74) is 2.10. The number of piperidine rings is 1. The number of benzene rings is 1. The predicted octanol–water partition coefficient (Wildman–Crippen LogP) is 4.53. The maximum Gasteiger partial charge on any atom is 0.237 e. The Kier molecular flexibility index (Phi) is 5.86. The molecular weight excluding hydrogens is 320 g/mol. The molecule has 2 heterocycles. The van der Waals surface area contributed by atoms with Crippen molar-refractivity contribution < 1.29 is 9.21 Å². The number of carbonyl (C=O) groups is 1. The summed E-state index contributed by atoms with van der Waals surface area (Å²) in [4.78, 5) is 14.7. The first kappa shape index (κ1) is 17.0. The highest BCUT2D eigenvalue weighted by Crippen LogP contribution is 2.23. The fourth-order valence-corrected chi connectivity index (χ4v) is 3.62. The molecule has 0 saturated carbocycles. The van der Waals surface area contributed by atoms with Gasteiger partial charge >= 0.3 is 0 Å². The molecule has 24 heavy (non-hydrogen) atoms. The highest BCUT2D eigenvalue weighted by molar-refractivity contribution is 7.99. The van der Waals surface area contributed by atoms with Gasteiger partial charge in [0.05, 0.1) is 17.3 Å². The molecule has 0 unspecified atom stereocenters. The van der Waals surface area contributed by atoms with E-state index in [9.17, 15) is 4.79 Å². The molecule has 1 aromatic carbocycles. The van der Waals surface area contributed by atoms with Crippen LogP contribution in [0.1, 0.15) is 31.9 Å². The predicted molar refractivity (Wildman–Crippen MR) is 101 cm³/mol. The molecule has 0 spiro atoms. The lowest BCUT2D eigenvalue weighted by atomic mass is 10.1. The average molecular weight is 344 g/mol. The van der Waals surface area contributed by atoms with Gasteiger partial charge in [0, 0.05) is 24.5 Å². The number of hydrogen-bond acceptors (Lipinski definition) is 4. The first-order chi connectivity index (χ1) is 11.7. The van der Waals surface area contributed by atoms with Crippen LogP contribution in [0, 0.1) is 0 Å². The number of hydrogen-bond donors (Lipinski definition) is 1. The van der Waals surface area contributed by atoms with Gasteiger partial charge in [-0.05, 0) is 62.6 Å². The Hall–Kier alpha value is -1.88. The second-order valence-electron chi connectivity index (χ2n) is 6.12. The molecule has 3 rings (SSSR count). The van der Waals surface area contributed by atoms with Gasteiger partial charge in [-0.15, -0.1) is 11.8 Å². The van der Waals surface area contributed by atoms with Gasteiger partial charge in [0.25, 0.3) is 0 Å². The van der Waals surface area contributed by atoms with E-state index in [1.165, 1.54) is 24.9 Å². The van der Waals surface area contributed by atoms with E-state index in [2.05, 4.69) is 22.3 Å². The largest absolute Gasteiger partial charge is 0.468 e. The highest BCUT2D eigenvalue weighted by atomic mass is 32.2. The van der Waals surface area contributed by atoms with Crippen LogP contribution in [0.15, 0.2) is 47.1 Å². The third kappa shape index (κ3) is 4.57. The lowest BCUT2D eigenvalue weighted by molar-refractivity contribution is -0.115. The monoisotopic (exact) mass is 344 g/mol. The Balaban J connectivity index is 1.50. The minimum Gasteiger partial charge on any atom is -0.468 e. The van der Waals surface area contributed by atoms with E-state index in [0.717, 1.165) is 24.5 Å². The SMILES string of the molecule is C[C@H](SCc1ccco1)C(=O)Nc1ccc(N2CCCCC2)cc1. The zero-order valence-electron chi connectivity index (χ0n) is 14.0. The molecule has 1 saturated heterocycles. The summed E-state index contributed by atoms with van der Waals surface area (Å²) in [6.07, 6.45) is 5.52. The number of thioether (sulfide) groups is 1. The Bertz CT molecular complexity index is 634. The van der Waals surface area contributed by atoms with E-state index in [0.29, 0.717) is 5.75 Å². The van der Waals surface area contributed by atoms with Crippen LogP contribution in [-0.2, 0) is 10.5 Å². The van der Waals surface area contributed by atoms with E-state index >= 15 is 0 Å². The molecule has 4 nitrogen and oxygen atoms in total. The van der Waals surface area contributed by atoms with Crippen molar-refractivity contribution in [1.29, 1.82) is 0 Å². The first-order valence-corrected chi connectivity index (χ1v) is 9.57. The minimum absolute atomic E-state index is 0.0253. The van der Waals surface area contributed by atoms with E-state index in [4.69, 9.17) is 4.42 Å². The zero-order chi connectivity index (χ0) is 16.8. The van der Waals surface area contributed by atoms with Gasteiger partial charge in [0.1, 0.15) is 5.76 Å². The van der Waals surface area contributed by atoms with Gasteiger partial charge in [-0.3, -0.25) is 4.79 Å². The van der Waals surface area contributed by atoms with Crippen LogP contribution in [-0.4, -0.2) is 24.2 Å². The van der Waals surface area contributed by atoms with Crippen molar-refractivity contribution in [2.75, 3.05) is 23.3 Å². The average Bonchev–Trinajstić information content (AvgIpc) is 3.14. The van der Waals surface area contributed by atoms with E-state index in [1.807, 2.05) is 31.2 Å². The number of furan rings is 1. The summed E-state index contributed by atoms with van der Waals surface area (Å²) in [5, 5.41) is 2.87. The lowest BCUT2D eigenvalue weighted by Gasteiger charge is -2.28. The molecule has 1 aromatic heterocycles. The van der Waals surface area contributed by atoms with Gasteiger partial charge in [0.2, 0.25) is 5.91 Å². The third-order valence-electron chi connectivity index (χ3n) is 4.28. The maximum atomic E-state index is 12.3. The summed E-state index contributed by atoms with van der Waals surface area (Å²) in [7, 11) is 0. The molecule has 1 N–H and O–H groups in total. The van der Waals surface area contributed by atoms with Crippen molar-refractivity contribution in [2.24, 2.45) is 0 Å². The number of carbonyl (C=O) groups excluding carboxylic acids is 1. The standard InChI is InChI=1S/C19H24N2O2S/c1-15(24-14-18-6-5-13-23-18)19(22)20-16-7-9-17(10-8-16)21-11-3-2-4-12-21/h5-10,13,15H,2-4,11-12,14H2,1H3,(H,20,22)/t15-/m0/s1. The maximum absolute atomic E-state index is 12.3. The molecule has 1 amide bonds. The van der Waals surface area contributed by atoms with Crippen LogP contribution < -0.4 is 10.2 Å². The molecule has 0 bridgehead atoms. The lowest BCUT2D eigenvalue weighted by Crippen LogP contribution is -2.29. The topological polar surface area (TPSA) is 45.5 Å². The smallest absolute Gasteiger partial charge is 0.237 e. The van der Waals surface area contributed by atoms with Gasteiger partial charge in [-0.25, -0.2) is 0 Å². The van der Waals surface area contributed by atoms with Crippen molar-refractivity contribution >= 4 is 29.0 Å². The van der Waals surface area contributed by atoms with Crippen molar-refractivity contribution in [3.05, 3.63) is 48.4 Å². The molecule has 1 atom stereocenters. The Morgan fingerprint density at radius 1 is 1.21 bits per heavy atom. The molecule has 1 aliphatic rings. The first-order valence-electron chi connectivity index (χ1n) is 8.52. The van der Waals surface area contributed by atoms with E-state index < -0.39 is 0 Å². The van der Waals surface area contributed by atoms with Crippen LogP contribution in [0.4, 0.5) is 11.4 Å². The minimum atomic E-state index is -0.128. The number of amides is 1. The van der Waals surface area contributed by atoms with Gasteiger partial charge < -0.3 is 14.6 Å². The number of anilines is 2. The third-order valence-corrected chi connectivity index (χ3v) is 5.45. The summed E-state index contributed by atoms with van der Waals surface area (Å²) in [6, 6.07) is 12.0. The van der Waals surface area contributed by atoms with E-state index in [-0.39, 0.29) is 11.2 Å². The summed E-state index contributed by atoms with van der Waals surface area (Å²) >= 11 is 1.57. The van der Waals surface area contributed by atoms with Crippen molar-refractivity contribution in [3.8, 4) is 0 Å². The van der Waals surface area contributed by atoms with Crippen LogP contribution in [0.5, 0.6) is 0 Å². The fourth-order valence-electron chi connectivity index (χ4n) is 2.83. The number of rotatable bonds is 6. The molecule has 128 valence electrons. The van der Waals surface area contributed by atoms with Gasteiger partial charge in [0.15, 0.2) is 0 Å². The fraction of sp³-hybridized carbons (Fsp3) is 0.421. The summed E-state index contributed by atoms with van der Waals surface area (Å²) in [6.45, 7) is 4.18. The van der Waals surface area contributed by atoms with E-state index in [1.54, 1.807) is 18.0 Å². The second kappa shape index (κ2) is 8.29. The molecule has 5 heteroatoms. The molecule has 2 aromatic rings. The normalized spacial score (nSPS) is 16.0. The zero-order valence-corrected chi connectivity index (χ0v) is 14.8. The molecule has 1 fully saturated rings. The molecular formula is C19H24N2O2S. The Morgan fingerprint density at radius 3 is 2.62 bits per heavy atom. The summed E-state index contributed by atoms with van der Waals surface area (Å²) in [5.74, 6) is 1.62. The Morgan fingerprint density at radius 2 is 1.96 bits per heavy atom. The second-order valence-corrected chi connectivity index (χ2v) is 7.45. The quantitative estimate of drug-likeness (QED) is 0.836. The number of nitrogens with one attached hydrogen (secondary N) is 1. The van der Waals surface area contributed by atoms with Crippen molar-refractivity contribution in [1.82, 2.24) is 0 Å². The molecule has 0 aliphatic carbocycles. The van der Waals surface area contributed by atoms with Crippen molar-refractivity contribution in [2.45, 2.75) is 37.2 Å². The molecule has 1 aliphatic heterocycles. The molecule has 0 radical (unpaired) electrons. The van der Waals surface area contributed by atoms with Gasteiger partial charge in [-0.2, -0.15) is 0 Å². The Labute approximate surface area is 147 Å². The van der Waals surface area contributed by atoms with Crippen LogP contribution >= 0.6 is 11.8 Å². The summed E-state index contributed by atoms with van der Waals surface area (Å²) < 4.78 is 5.30.